The predicted octanol–water partition coefficient (Wildman–Crippen LogP) is 10.4. The molecule has 9 aromatic rings. The van der Waals surface area contributed by atoms with Crippen molar-refractivity contribution in [1.29, 1.82) is 0 Å². The smallest absolute Gasteiger partial charge is 0.134 e. The molecule has 0 spiro atoms. The zero-order chi connectivity index (χ0) is 33.0. The Bertz CT molecular complexity index is 2760. The van der Waals surface area contributed by atoms with Crippen molar-refractivity contribution in [3.8, 4) is 11.4 Å². The fourth-order valence-corrected chi connectivity index (χ4v) is 7.57. The van der Waals surface area contributed by atoms with Gasteiger partial charge in [-0.15, -0.1) is 0 Å². The normalized spacial score (nSPS) is 14.6. The standard InChI is InChI=1S/C45H31N5/c1-4-12-30(13-5-1)39-28-40(31-14-6-2-7-15-31)48-45(47-39)32-20-22-34(23-21-32)50-42-26-27-46-29-38(42)37-25-24-36-35-18-10-11-19-41(35)49(43(36)44(37)50)33-16-8-3-9-17-33/h1-29,39H,(H,47,48). The van der Waals surface area contributed by atoms with Crippen LogP contribution >= 0.6 is 0 Å². The topological polar surface area (TPSA) is 47.1 Å². The molecule has 4 heterocycles. The molecule has 1 N–H and O–H groups in total. The van der Waals surface area contributed by atoms with Gasteiger partial charge in [0.15, 0.2) is 0 Å². The van der Waals surface area contributed by atoms with E-state index in [1.54, 1.807) is 0 Å². The van der Waals surface area contributed by atoms with Crippen LogP contribution in [0, 0.1) is 0 Å². The maximum Gasteiger partial charge on any atom is 0.134 e. The molecule has 0 bridgehead atoms. The fourth-order valence-electron chi connectivity index (χ4n) is 7.57. The van der Waals surface area contributed by atoms with Crippen LogP contribution in [0.3, 0.4) is 0 Å². The maximum absolute atomic E-state index is 5.15. The Balaban J connectivity index is 1.17. The van der Waals surface area contributed by atoms with Crippen LogP contribution in [0.5, 0.6) is 0 Å². The van der Waals surface area contributed by atoms with E-state index >= 15 is 0 Å². The van der Waals surface area contributed by atoms with Gasteiger partial charge in [0.1, 0.15) is 5.84 Å². The molecule has 5 nitrogen and oxygen atoms in total. The summed E-state index contributed by atoms with van der Waals surface area (Å²) in [5.74, 6) is 0.852. The van der Waals surface area contributed by atoms with E-state index in [2.05, 4.69) is 177 Å². The summed E-state index contributed by atoms with van der Waals surface area (Å²) in [6, 6.07) is 55.8. The van der Waals surface area contributed by atoms with E-state index in [-0.39, 0.29) is 6.04 Å². The molecule has 6 aromatic carbocycles. The average molecular weight is 642 g/mol. The molecule has 5 heteroatoms. The minimum atomic E-state index is -0.00314. The number of nitrogens with one attached hydrogen (secondary N) is 1. The predicted molar refractivity (Wildman–Crippen MR) is 206 cm³/mol. The highest BCUT2D eigenvalue weighted by atomic mass is 15.1. The van der Waals surface area contributed by atoms with E-state index in [0.717, 1.165) is 50.5 Å². The second kappa shape index (κ2) is 11.5. The Morgan fingerprint density at radius 2 is 1.08 bits per heavy atom. The molecular formula is C45H31N5. The lowest BCUT2D eigenvalue weighted by molar-refractivity contribution is 0.781. The van der Waals surface area contributed by atoms with Crippen molar-refractivity contribution in [3.63, 3.8) is 0 Å². The minimum absolute atomic E-state index is 0.00314. The lowest BCUT2D eigenvalue weighted by Crippen LogP contribution is -2.31. The molecule has 236 valence electrons. The van der Waals surface area contributed by atoms with Gasteiger partial charge in [-0.05, 0) is 65.7 Å². The number of pyridine rings is 1. The van der Waals surface area contributed by atoms with Gasteiger partial charge in [-0.3, -0.25) is 4.98 Å². The van der Waals surface area contributed by atoms with Gasteiger partial charge in [0, 0.05) is 50.9 Å². The van der Waals surface area contributed by atoms with Gasteiger partial charge < -0.3 is 14.5 Å². The highest BCUT2D eigenvalue weighted by Gasteiger charge is 2.23. The third-order valence-corrected chi connectivity index (χ3v) is 9.85. The molecule has 1 unspecified atom stereocenters. The Kier molecular flexibility index (Phi) is 6.49. The van der Waals surface area contributed by atoms with E-state index in [0.29, 0.717) is 0 Å². The van der Waals surface area contributed by atoms with Crippen LogP contribution in [-0.2, 0) is 0 Å². The Labute approximate surface area is 289 Å². The van der Waals surface area contributed by atoms with Crippen molar-refractivity contribution >= 4 is 55.1 Å². The van der Waals surface area contributed by atoms with Crippen molar-refractivity contribution in [2.24, 2.45) is 4.99 Å². The van der Waals surface area contributed by atoms with Gasteiger partial charge in [0.25, 0.3) is 0 Å². The zero-order valence-corrected chi connectivity index (χ0v) is 27.1. The molecule has 50 heavy (non-hydrogen) atoms. The number of nitrogens with zero attached hydrogens (tertiary/aromatic N) is 4. The van der Waals surface area contributed by atoms with Crippen LogP contribution in [0.15, 0.2) is 181 Å². The van der Waals surface area contributed by atoms with Gasteiger partial charge in [0.05, 0.1) is 33.8 Å². The number of hydrogen-bond acceptors (Lipinski definition) is 3. The molecule has 0 saturated carbocycles. The van der Waals surface area contributed by atoms with Crippen LogP contribution in [0.25, 0.3) is 60.7 Å². The van der Waals surface area contributed by atoms with Crippen molar-refractivity contribution in [2.45, 2.75) is 6.04 Å². The lowest BCUT2D eigenvalue weighted by atomic mass is 10.0. The number of rotatable bonds is 5. The number of para-hydroxylation sites is 2. The van der Waals surface area contributed by atoms with E-state index in [4.69, 9.17) is 4.99 Å². The van der Waals surface area contributed by atoms with E-state index in [1.807, 2.05) is 18.5 Å². The summed E-state index contributed by atoms with van der Waals surface area (Å²) >= 11 is 0. The second-order valence-electron chi connectivity index (χ2n) is 12.7. The molecular weight excluding hydrogens is 611 g/mol. The van der Waals surface area contributed by atoms with Crippen LogP contribution in [0.4, 0.5) is 0 Å². The summed E-state index contributed by atoms with van der Waals surface area (Å²) in [4.78, 5) is 9.71. The molecule has 1 atom stereocenters. The molecule has 3 aromatic heterocycles. The van der Waals surface area contributed by atoms with Crippen LogP contribution < -0.4 is 5.32 Å². The van der Waals surface area contributed by atoms with Crippen LogP contribution in [-0.4, -0.2) is 20.0 Å². The first-order valence-corrected chi connectivity index (χ1v) is 17.0. The summed E-state index contributed by atoms with van der Waals surface area (Å²) < 4.78 is 4.81. The number of amidine groups is 1. The van der Waals surface area contributed by atoms with E-state index in [9.17, 15) is 0 Å². The van der Waals surface area contributed by atoms with Crippen molar-refractivity contribution < 1.29 is 0 Å². The minimum Gasteiger partial charge on any atom is -0.359 e. The molecule has 0 aliphatic carbocycles. The fraction of sp³-hybridized carbons (Fsp3) is 0.0222. The van der Waals surface area contributed by atoms with Gasteiger partial charge in [-0.25, -0.2) is 4.99 Å². The highest BCUT2D eigenvalue weighted by Crippen LogP contribution is 2.41. The summed E-state index contributed by atoms with van der Waals surface area (Å²) in [6.45, 7) is 0. The zero-order valence-electron chi connectivity index (χ0n) is 27.1. The molecule has 10 rings (SSSR count). The molecule has 0 amide bonds. The van der Waals surface area contributed by atoms with Gasteiger partial charge in [0.2, 0.25) is 0 Å². The summed E-state index contributed by atoms with van der Waals surface area (Å²) in [5, 5.41) is 8.47. The van der Waals surface area contributed by atoms with Gasteiger partial charge in [-0.2, -0.15) is 0 Å². The molecule has 0 saturated heterocycles. The lowest BCUT2D eigenvalue weighted by Gasteiger charge is -2.24. The quantitative estimate of drug-likeness (QED) is 0.203. The monoisotopic (exact) mass is 641 g/mol. The average Bonchev–Trinajstić information content (AvgIpc) is 3.72. The molecule has 0 radical (unpaired) electrons. The third-order valence-electron chi connectivity index (χ3n) is 9.85. The Morgan fingerprint density at radius 3 is 1.82 bits per heavy atom. The highest BCUT2D eigenvalue weighted by molar-refractivity contribution is 6.23. The summed E-state index contributed by atoms with van der Waals surface area (Å²) in [6.07, 6.45) is 6.09. The van der Waals surface area contributed by atoms with Crippen molar-refractivity contribution in [1.82, 2.24) is 19.4 Å². The largest absolute Gasteiger partial charge is 0.359 e. The molecule has 1 aliphatic rings. The number of aromatic nitrogens is 3. The number of fused-ring (bicyclic) bond motifs is 7. The van der Waals surface area contributed by atoms with Gasteiger partial charge >= 0.3 is 0 Å². The van der Waals surface area contributed by atoms with E-state index in [1.165, 1.54) is 32.8 Å². The summed E-state index contributed by atoms with van der Waals surface area (Å²) in [7, 11) is 0. The first kappa shape index (κ1) is 28.3. The van der Waals surface area contributed by atoms with E-state index < -0.39 is 0 Å². The van der Waals surface area contributed by atoms with Crippen LogP contribution in [0.2, 0.25) is 0 Å². The number of hydrogen-bond donors (Lipinski definition) is 1. The number of aliphatic imine (C=N–C) groups is 1. The second-order valence-corrected chi connectivity index (χ2v) is 12.7. The first-order chi connectivity index (χ1) is 24.8. The molecule has 1 aliphatic heterocycles. The van der Waals surface area contributed by atoms with Crippen molar-refractivity contribution in [2.75, 3.05) is 0 Å². The van der Waals surface area contributed by atoms with Gasteiger partial charge in [-0.1, -0.05) is 109 Å². The Morgan fingerprint density at radius 1 is 0.480 bits per heavy atom. The third kappa shape index (κ3) is 4.48. The Hall–Kier alpha value is -6.72. The summed E-state index contributed by atoms with van der Waals surface area (Å²) in [5.41, 5.74) is 11.1. The first-order valence-electron chi connectivity index (χ1n) is 17.0. The molecule has 0 fully saturated rings. The SMILES string of the molecule is C1=C(c2ccccc2)N=C(c2ccc(-n3c4ccncc4c4ccc5c6ccccc6n(-c6ccccc6)c5c43)cc2)NC1c1ccccc1. The number of benzene rings is 6. The maximum atomic E-state index is 5.15. The van der Waals surface area contributed by atoms with Crippen molar-refractivity contribution in [3.05, 3.63) is 193 Å². The van der Waals surface area contributed by atoms with Crippen LogP contribution in [0.1, 0.15) is 22.7 Å².